The fourth-order valence-electron chi connectivity index (χ4n) is 6.12. The van der Waals surface area contributed by atoms with Gasteiger partial charge in [-0.25, -0.2) is 4.98 Å². The predicted molar refractivity (Wildman–Crippen MR) is 120 cm³/mol. The van der Waals surface area contributed by atoms with Crippen molar-refractivity contribution in [2.75, 3.05) is 0 Å². The van der Waals surface area contributed by atoms with Crippen LogP contribution in [0, 0.1) is 19.1 Å². The monoisotopic (exact) mass is 452 g/mol. The number of fused-ring (bicyclic) bond motifs is 6. The molecule has 0 unspecified atom stereocenters. The molecule has 0 saturated carbocycles. The van der Waals surface area contributed by atoms with E-state index >= 15 is 0 Å². The number of pyridine rings is 2. The number of aryl methyl sites for hydroxylation is 4. The second-order valence-corrected chi connectivity index (χ2v) is 10.8. The first-order valence-electron chi connectivity index (χ1n) is 12.0. The SMILES string of the molecule is Cc1cc2c(nc1-c1c(C)cc3c([n+]1[O-])[C@H]1OC(C)(C)O[C@H]1CC3)[C@H]1OC(C)(C)O[C@H]1CC2. The Kier molecular flexibility index (Phi) is 4.54. The van der Waals surface area contributed by atoms with Crippen LogP contribution in [0.25, 0.3) is 11.4 Å². The Hall–Kier alpha value is -2.06. The summed E-state index contributed by atoms with van der Waals surface area (Å²) in [5.41, 5.74) is 6.99. The quantitative estimate of drug-likeness (QED) is 0.475. The molecule has 4 atom stereocenters. The highest BCUT2D eigenvalue weighted by atomic mass is 16.8. The van der Waals surface area contributed by atoms with Gasteiger partial charge in [0.25, 0.3) is 0 Å². The van der Waals surface area contributed by atoms with Crippen molar-refractivity contribution >= 4 is 0 Å². The summed E-state index contributed by atoms with van der Waals surface area (Å²) >= 11 is 0. The Morgan fingerprint density at radius 2 is 1.42 bits per heavy atom. The molecule has 0 radical (unpaired) electrons. The smallest absolute Gasteiger partial charge is 0.245 e. The lowest BCUT2D eigenvalue weighted by Crippen LogP contribution is -2.43. The molecule has 0 aromatic carbocycles. The van der Waals surface area contributed by atoms with E-state index in [0.717, 1.165) is 52.8 Å². The van der Waals surface area contributed by atoms with Crippen LogP contribution in [0.15, 0.2) is 12.1 Å². The maximum atomic E-state index is 13.9. The van der Waals surface area contributed by atoms with Crippen LogP contribution in [0.2, 0.25) is 0 Å². The van der Waals surface area contributed by atoms with Crippen molar-refractivity contribution in [1.82, 2.24) is 4.98 Å². The van der Waals surface area contributed by atoms with Crippen molar-refractivity contribution in [2.45, 2.75) is 103 Å². The summed E-state index contributed by atoms with van der Waals surface area (Å²) in [6.45, 7) is 11.7. The molecule has 2 saturated heterocycles. The Balaban J connectivity index is 1.49. The first-order chi connectivity index (χ1) is 15.5. The highest BCUT2D eigenvalue weighted by molar-refractivity contribution is 5.62. The number of nitrogens with zero attached hydrogens (tertiary/aromatic N) is 2. The normalized spacial score (nSPS) is 31.0. The zero-order chi connectivity index (χ0) is 23.3. The summed E-state index contributed by atoms with van der Waals surface area (Å²) < 4.78 is 25.7. The minimum atomic E-state index is -0.698. The van der Waals surface area contributed by atoms with Crippen molar-refractivity contribution in [3.8, 4) is 11.4 Å². The van der Waals surface area contributed by atoms with Gasteiger partial charge >= 0.3 is 0 Å². The summed E-state index contributed by atoms with van der Waals surface area (Å²) in [6, 6.07) is 4.30. The van der Waals surface area contributed by atoms with E-state index in [1.165, 1.54) is 5.56 Å². The predicted octanol–water partition coefficient (Wildman–Crippen LogP) is 4.28. The van der Waals surface area contributed by atoms with Crippen LogP contribution in [0.4, 0.5) is 0 Å². The molecule has 7 nitrogen and oxygen atoms in total. The second-order valence-electron chi connectivity index (χ2n) is 10.8. The maximum absolute atomic E-state index is 13.9. The molecule has 0 spiro atoms. The standard InChI is InChI=1S/C26H32N2O5/c1-13-11-15-7-9-17-23(32-25(3,4)30-17)20(15)27-19(13)21-14(2)12-16-8-10-18-24(22(16)28(21)29)33-26(5,6)31-18/h11-12,17-18,23-24H,7-10H2,1-6H3/t17-,18-,23-,24-/m0/s1. The number of hydrogen-bond acceptors (Lipinski definition) is 6. The molecular weight excluding hydrogens is 420 g/mol. The van der Waals surface area contributed by atoms with E-state index in [9.17, 15) is 5.21 Å². The van der Waals surface area contributed by atoms with E-state index < -0.39 is 11.6 Å². The van der Waals surface area contributed by atoms with E-state index in [1.54, 1.807) is 0 Å². The second kappa shape index (κ2) is 6.98. The summed E-state index contributed by atoms with van der Waals surface area (Å²) in [5.74, 6) is -1.33. The van der Waals surface area contributed by atoms with Crippen molar-refractivity contribution in [3.63, 3.8) is 0 Å². The van der Waals surface area contributed by atoms with Crippen LogP contribution in [0.1, 0.15) is 86.4 Å². The molecule has 7 heteroatoms. The lowest BCUT2D eigenvalue weighted by Gasteiger charge is -2.27. The average molecular weight is 453 g/mol. The van der Waals surface area contributed by atoms with Gasteiger partial charge in [-0.05, 0) is 84.4 Å². The minimum Gasteiger partial charge on any atom is -0.618 e. The minimum absolute atomic E-state index is 0.00779. The number of ether oxygens (including phenoxy) is 4. The maximum Gasteiger partial charge on any atom is 0.245 e. The summed E-state index contributed by atoms with van der Waals surface area (Å²) in [6.07, 6.45) is 2.78. The Bertz CT molecular complexity index is 1160. The van der Waals surface area contributed by atoms with Crippen LogP contribution >= 0.6 is 0 Å². The van der Waals surface area contributed by atoms with Gasteiger partial charge in [-0.2, -0.15) is 4.73 Å². The van der Waals surface area contributed by atoms with E-state index in [2.05, 4.69) is 12.1 Å². The van der Waals surface area contributed by atoms with Gasteiger partial charge in [0.05, 0.1) is 17.9 Å². The van der Waals surface area contributed by atoms with Crippen LogP contribution in [-0.2, 0) is 31.8 Å². The van der Waals surface area contributed by atoms with Gasteiger partial charge in [0.2, 0.25) is 11.4 Å². The van der Waals surface area contributed by atoms with Gasteiger partial charge in [-0.3, -0.25) is 0 Å². The third kappa shape index (κ3) is 3.32. The summed E-state index contributed by atoms with van der Waals surface area (Å²) in [4.78, 5) is 5.08. The zero-order valence-electron chi connectivity index (χ0n) is 20.2. The van der Waals surface area contributed by atoms with Crippen LogP contribution < -0.4 is 4.73 Å². The molecule has 2 aliphatic carbocycles. The number of rotatable bonds is 1. The lowest BCUT2D eigenvalue weighted by atomic mass is 9.88. The van der Waals surface area contributed by atoms with Gasteiger partial charge in [-0.1, -0.05) is 6.07 Å². The lowest BCUT2D eigenvalue weighted by molar-refractivity contribution is -0.609. The van der Waals surface area contributed by atoms with Gasteiger partial charge in [0.15, 0.2) is 17.7 Å². The third-order valence-electron chi connectivity index (χ3n) is 7.37. The fraction of sp³-hybridized carbons (Fsp3) is 0.615. The summed E-state index contributed by atoms with van der Waals surface area (Å²) in [7, 11) is 0. The highest BCUT2D eigenvalue weighted by Crippen LogP contribution is 2.46. The van der Waals surface area contributed by atoms with Crippen LogP contribution in [0.3, 0.4) is 0 Å². The molecule has 4 heterocycles. The van der Waals surface area contributed by atoms with Crippen molar-refractivity contribution in [3.05, 3.63) is 51.0 Å². The number of hydrogen-bond donors (Lipinski definition) is 0. The molecular formula is C26H32N2O5. The molecule has 4 aliphatic rings. The Morgan fingerprint density at radius 3 is 2.12 bits per heavy atom. The van der Waals surface area contributed by atoms with E-state index in [4.69, 9.17) is 23.9 Å². The van der Waals surface area contributed by atoms with Gasteiger partial charge in [0.1, 0.15) is 11.8 Å². The third-order valence-corrected chi connectivity index (χ3v) is 7.37. The van der Waals surface area contributed by atoms with Crippen LogP contribution in [-0.4, -0.2) is 28.8 Å². The topological polar surface area (TPSA) is 76.8 Å². The molecule has 0 bridgehead atoms. The number of aromatic nitrogens is 2. The molecule has 0 N–H and O–H groups in total. The first kappa shape index (κ1) is 21.5. The van der Waals surface area contributed by atoms with Crippen molar-refractivity contribution in [1.29, 1.82) is 0 Å². The summed E-state index contributed by atoms with van der Waals surface area (Å²) in [5, 5.41) is 13.9. The Labute approximate surface area is 194 Å². The van der Waals surface area contributed by atoms with E-state index in [0.29, 0.717) is 17.1 Å². The fourth-order valence-corrected chi connectivity index (χ4v) is 6.12. The van der Waals surface area contributed by atoms with Gasteiger partial charge in [-0.15, -0.1) is 0 Å². The molecule has 2 aromatic rings. The molecule has 2 fully saturated rings. The van der Waals surface area contributed by atoms with Gasteiger partial charge in [0, 0.05) is 11.1 Å². The molecule has 176 valence electrons. The molecule has 6 rings (SSSR count). The zero-order valence-corrected chi connectivity index (χ0v) is 20.2. The molecule has 2 aliphatic heterocycles. The van der Waals surface area contributed by atoms with E-state index in [-0.39, 0.29) is 24.4 Å². The average Bonchev–Trinajstić information content (AvgIpc) is 3.21. The Morgan fingerprint density at radius 1 is 0.848 bits per heavy atom. The molecule has 2 aromatic heterocycles. The molecule has 33 heavy (non-hydrogen) atoms. The highest BCUT2D eigenvalue weighted by Gasteiger charge is 2.50. The van der Waals surface area contributed by atoms with Crippen molar-refractivity contribution in [2.24, 2.45) is 0 Å². The van der Waals surface area contributed by atoms with Crippen molar-refractivity contribution < 1.29 is 23.7 Å². The molecule has 0 amide bonds. The first-order valence-corrected chi connectivity index (χ1v) is 12.0. The largest absolute Gasteiger partial charge is 0.618 e. The van der Waals surface area contributed by atoms with Gasteiger partial charge < -0.3 is 24.2 Å². The van der Waals surface area contributed by atoms with Crippen LogP contribution in [0.5, 0.6) is 0 Å². The van der Waals surface area contributed by atoms with E-state index in [1.807, 2.05) is 41.5 Å².